The van der Waals surface area contributed by atoms with E-state index in [1.165, 1.54) is 7.11 Å². The van der Waals surface area contributed by atoms with E-state index in [9.17, 15) is 4.79 Å². The van der Waals surface area contributed by atoms with Crippen molar-refractivity contribution in [2.24, 2.45) is 0 Å². The first-order chi connectivity index (χ1) is 8.15. The molecule has 0 aliphatic carbocycles. The molecule has 0 radical (unpaired) electrons. The van der Waals surface area contributed by atoms with Gasteiger partial charge in [-0.2, -0.15) is 0 Å². The number of rotatable bonds is 2. The van der Waals surface area contributed by atoms with E-state index in [1.807, 2.05) is 0 Å². The van der Waals surface area contributed by atoms with Crippen LogP contribution in [0, 0.1) is 0 Å². The molecule has 1 amide bonds. The van der Waals surface area contributed by atoms with Crippen molar-refractivity contribution >= 4 is 29.1 Å². The second kappa shape index (κ2) is 6.54. The molecule has 0 aromatic heterocycles. The van der Waals surface area contributed by atoms with E-state index in [-0.39, 0.29) is 5.11 Å². The molecular weight excluding hydrogens is 242 g/mol. The Balaban J connectivity index is 2.42. The van der Waals surface area contributed by atoms with Crippen LogP contribution in [0.5, 0.6) is 5.75 Å². The van der Waals surface area contributed by atoms with Crippen molar-refractivity contribution in [3.8, 4) is 5.75 Å². The third-order valence-electron chi connectivity index (χ3n) is 1.81. The van der Waals surface area contributed by atoms with Crippen molar-refractivity contribution in [1.29, 1.82) is 0 Å². The van der Waals surface area contributed by atoms with Crippen LogP contribution >= 0.6 is 12.2 Å². The third-order valence-corrected chi connectivity index (χ3v) is 2.02. The summed E-state index contributed by atoms with van der Waals surface area (Å²) in [5, 5.41) is 3.12. The van der Waals surface area contributed by atoms with Crippen LogP contribution in [0.15, 0.2) is 24.3 Å². The average Bonchev–Trinajstić information content (AvgIpc) is 2.36. The zero-order valence-corrected chi connectivity index (χ0v) is 10.3. The maximum Gasteiger partial charge on any atom is 0.425 e. The number of ether oxygens (including phenoxy) is 2. The van der Waals surface area contributed by atoms with E-state index in [2.05, 4.69) is 20.9 Å². The van der Waals surface area contributed by atoms with E-state index < -0.39 is 6.09 Å². The van der Waals surface area contributed by atoms with Gasteiger partial charge in [0.25, 0.3) is 0 Å². The molecule has 0 bridgehead atoms. The van der Waals surface area contributed by atoms with Crippen LogP contribution in [0.3, 0.4) is 0 Å². The second-order valence-electron chi connectivity index (χ2n) is 2.92. The SMILES string of the molecule is COC(=O)NNC(=S)Nc1ccc(OC)cc1. The molecule has 0 saturated heterocycles. The van der Waals surface area contributed by atoms with E-state index in [0.717, 1.165) is 11.4 Å². The van der Waals surface area contributed by atoms with E-state index >= 15 is 0 Å². The molecular formula is C10H13N3O3S. The van der Waals surface area contributed by atoms with E-state index in [0.29, 0.717) is 0 Å². The predicted molar refractivity (Wildman–Crippen MR) is 67.9 cm³/mol. The number of benzene rings is 1. The fourth-order valence-corrected chi connectivity index (χ4v) is 1.16. The van der Waals surface area contributed by atoms with Crippen LogP contribution in [0.2, 0.25) is 0 Å². The molecule has 0 fully saturated rings. The Kier molecular flexibility index (Phi) is 5.02. The van der Waals surface area contributed by atoms with Crippen LogP contribution < -0.4 is 20.9 Å². The molecule has 6 nitrogen and oxygen atoms in total. The highest BCUT2D eigenvalue weighted by atomic mass is 32.1. The summed E-state index contributed by atoms with van der Waals surface area (Å²) in [7, 11) is 2.85. The maximum atomic E-state index is 10.8. The van der Waals surface area contributed by atoms with Crippen LogP contribution in [0.1, 0.15) is 0 Å². The second-order valence-corrected chi connectivity index (χ2v) is 3.33. The quantitative estimate of drug-likeness (QED) is 0.546. The molecule has 0 aliphatic heterocycles. The zero-order chi connectivity index (χ0) is 12.7. The van der Waals surface area contributed by atoms with Gasteiger partial charge in [-0.1, -0.05) is 0 Å². The highest BCUT2D eigenvalue weighted by molar-refractivity contribution is 7.80. The summed E-state index contributed by atoms with van der Waals surface area (Å²) in [6, 6.07) is 7.17. The third kappa shape index (κ3) is 4.56. The van der Waals surface area contributed by atoms with E-state index in [1.54, 1.807) is 31.4 Å². The minimum Gasteiger partial charge on any atom is -0.497 e. The van der Waals surface area contributed by atoms with Gasteiger partial charge in [0.1, 0.15) is 5.75 Å². The molecule has 17 heavy (non-hydrogen) atoms. The Morgan fingerprint density at radius 3 is 2.35 bits per heavy atom. The molecule has 0 unspecified atom stereocenters. The van der Waals surface area contributed by atoms with Crippen LogP contribution in [0.25, 0.3) is 0 Å². The summed E-state index contributed by atoms with van der Waals surface area (Å²) in [6.07, 6.45) is -0.621. The standard InChI is InChI=1S/C10H13N3O3S/c1-15-8-5-3-7(4-6-8)11-9(17)12-13-10(14)16-2/h3-6H,1-2H3,(H,13,14)(H2,11,12,17). The molecule has 1 rings (SSSR count). The minimum atomic E-state index is -0.621. The van der Waals surface area contributed by atoms with Gasteiger partial charge in [0.2, 0.25) is 0 Å². The van der Waals surface area contributed by atoms with Crippen molar-refractivity contribution in [2.45, 2.75) is 0 Å². The van der Waals surface area contributed by atoms with Gasteiger partial charge in [-0.3, -0.25) is 5.43 Å². The lowest BCUT2D eigenvalue weighted by atomic mass is 10.3. The first-order valence-electron chi connectivity index (χ1n) is 4.70. The lowest BCUT2D eigenvalue weighted by molar-refractivity contribution is 0.169. The number of carbonyl (C=O) groups is 1. The Morgan fingerprint density at radius 2 is 1.82 bits per heavy atom. The highest BCUT2D eigenvalue weighted by Crippen LogP contribution is 2.14. The Labute approximate surface area is 104 Å². The summed E-state index contributed by atoms with van der Waals surface area (Å²) < 4.78 is 9.38. The largest absolute Gasteiger partial charge is 0.497 e. The molecule has 0 spiro atoms. The van der Waals surface area contributed by atoms with Gasteiger partial charge in [-0.15, -0.1) is 0 Å². The molecule has 0 atom stereocenters. The number of thiocarbonyl (C=S) groups is 1. The zero-order valence-electron chi connectivity index (χ0n) is 9.44. The average molecular weight is 255 g/mol. The number of amides is 1. The van der Waals surface area contributed by atoms with Gasteiger partial charge in [0, 0.05) is 5.69 Å². The van der Waals surface area contributed by atoms with Gasteiger partial charge in [0.05, 0.1) is 14.2 Å². The molecule has 7 heteroatoms. The summed E-state index contributed by atoms with van der Waals surface area (Å²) in [5.41, 5.74) is 5.48. The van der Waals surface area contributed by atoms with Crippen molar-refractivity contribution in [3.63, 3.8) is 0 Å². The Bertz CT molecular complexity index is 394. The monoisotopic (exact) mass is 255 g/mol. The number of nitrogens with one attached hydrogen (secondary N) is 3. The van der Waals surface area contributed by atoms with E-state index in [4.69, 9.17) is 17.0 Å². The van der Waals surface area contributed by atoms with Crippen LogP contribution in [-0.2, 0) is 4.74 Å². The molecule has 1 aromatic carbocycles. The number of anilines is 1. The number of hydrazine groups is 1. The molecule has 3 N–H and O–H groups in total. The van der Waals surface area contributed by atoms with Gasteiger partial charge in [0.15, 0.2) is 5.11 Å². The summed E-state index contributed by atoms with van der Waals surface area (Å²) >= 11 is 4.94. The van der Waals surface area contributed by atoms with Crippen molar-refractivity contribution in [2.75, 3.05) is 19.5 Å². The number of hydrogen-bond acceptors (Lipinski definition) is 4. The lowest BCUT2D eigenvalue weighted by Gasteiger charge is -2.10. The fraction of sp³-hybridized carbons (Fsp3) is 0.200. The van der Waals surface area contributed by atoms with Crippen molar-refractivity contribution in [1.82, 2.24) is 10.9 Å². The summed E-state index contributed by atoms with van der Waals surface area (Å²) in [4.78, 5) is 10.8. The fourth-order valence-electron chi connectivity index (χ4n) is 0.996. The first kappa shape index (κ1) is 13.0. The smallest absolute Gasteiger partial charge is 0.425 e. The highest BCUT2D eigenvalue weighted by Gasteiger charge is 2.00. The molecule has 0 heterocycles. The molecule has 0 saturated carbocycles. The Morgan fingerprint density at radius 1 is 1.18 bits per heavy atom. The number of hydrogen-bond donors (Lipinski definition) is 3. The normalized spacial score (nSPS) is 9.06. The number of methoxy groups -OCH3 is 2. The number of carbonyl (C=O) groups excluding carboxylic acids is 1. The summed E-state index contributed by atoms with van der Waals surface area (Å²) in [6.45, 7) is 0. The van der Waals surface area contributed by atoms with Crippen LogP contribution in [0.4, 0.5) is 10.5 Å². The van der Waals surface area contributed by atoms with Crippen molar-refractivity contribution in [3.05, 3.63) is 24.3 Å². The summed E-state index contributed by atoms with van der Waals surface area (Å²) in [5.74, 6) is 0.752. The molecule has 1 aromatic rings. The maximum absolute atomic E-state index is 10.8. The van der Waals surface area contributed by atoms with Crippen LogP contribution in [-0.4, -0.2) is 25.4 Å². The van der Waals surface area contributed by atoms with Crippen molar-refractivity contribution < 1.29 is 14.3 Å². The van der Waals surface area contributed by atoms with Gasteiger partial charge in [-0.25, -0.2) is 10.2 Å². The Hall–Kier alpha value is -2.02. The first-order valence-corrected chi connectivity index (χ1v) is 5.11. The topological polar surface area (TPSA) is 71.6 Å². The predicted octanol–water partition coefficient (Wildman–Crippen LogP) is 1.25. The van der Waals surface area contributed by atoms with Gasteiger partial charge in [-0.05, 0) is 36.5 Å². The van der Waals surface area contributed by atoms with Gasteiger partial charge < -0.3 is 14.8 Å². The minimum absolute atomic E-state index is 0.251. The molecule has 92 valence electrons. The molecule has 0 aliphatic rings. The lowest BCUT2D eigenvalue weighted by Crippen LogP contribution is -2.43. The van der Waals surface area contributed by atoms with Gasteiger partial charge >= 0.3 is 6.09 Å².